The Morgan fingerprint density at radius 2 is 2.05 bits per heavy atom. The van der Waals surface area contributed by atoms with Crippen molar-refractivity contribution in [2.45, 2.75) is 20.3 Å². The number of nitrogen functional groups attached to an aromatic ring is 1. The Morgan fingerprint density at radius 3 is 2.68 bits per heavy atom. The number of ether oxygens (including phenoxy) is 2. The Hall–Kier alpha value is -1.49. The lowest BCUT2D eigenvalue weighted by atomic mass is 10.1. The van der Waals surface area contributed by atoms with E-state index in [1.165, 1.54) is 13.2 Å². The van der Waals surface area contributed by atoms with Crippen molar-refractivity contribution in [3.63, 3.8) is 0 Å². The quantitative estimate of drug-likeness (QED) is 0.563. The number of hydrogen-bond acceptors (Lipinski definition) is 4. The van der Waals surface area contributed by atoms with Crippen LogP contribution in [-0.4, -0.2) is 26.9 Å². The molecule has 0 radical (unpaired) electrons. The molecular weight excluding hydrogens is 247 g/mol. The Bertz CT molecular complexity index is 397. The van der Waals surface area contributed by atoms with E-state index < -0.39 is 0 Å². The average molecular weight is 270 g/mol. The Kier molecular flexibility index (Phi) is 6.42. The minimum absolute atomic E-state index is 0.290. The van der Waals surface area contributed by atoms with Crippen molar-refractivity contribution >= 4 is 11.4 Å². The molecule has 0 bridgehead atoms. The molecule has 1 aromatic carbocycles. The highest BCUT2D eigenvalue weighted by molar-refractivity contribution is 5.62. The highest BCUT2D eigenvalue weighted by atomic mass is 19.1. The molecule has 0 aliphatic carbocycles. The number of rotatable bonds is 8. The number of nitrogens with one attached hydrogen (secondary N) is 1. The molecule has 0 heterocycles. The predicted molar refractivity (Wildman–Crippen MR) is 76.1 cm³/mol. The fourth-order valence-corrected chi connectivity index (χ4v) is 1.56. The summed E-state index contributed by atoms with van der Waals surface area (Å²) in [5, 5.41) is 2.97. The standard InChI is InChI=1S/C14H23FN2O2/c1-10(2)4-6-19-7-5-17-13-9-14(18-3)12(16)8-11(13)15/h8-10,17H,4-7,16H2,1-3H3. The lowest BCUT2D eigenvalue weighted by molar-refractivity contribution is 0.132. The van der Waals surface area contributed by atoms with E-state index in [-0.39, 0.29) is 5.82 Å². The number of anilines is 2. The van der Waals surface area contributed by atoms with Crippen LogP contribution in [0.4, 0.5) is 15.8 Å². The van der Waals surface area contributed by atoms with Gasteiger partial charge in [-0.3, -0.25) is 0 Å². The first-order chi connectivity index (χ1) is 9.04. The van der Waals surface area contributed by atoms with Crippen LogP contribution in [0.25, 0.3) is 0 Å². The Balaban J connectivity index is 2.37. The van der Waals surface area contributed by atoms with E-state index in [1.807, 2.05) is 0 Å². The largest absolute Gasteiger partial charge is 0.495 e. The lowest BCUT2D eigenvalue weighted by Gasteiger charge is -2.12. The SMILES string of the molecule is COc1cc(NCCOCCC(C)C)c(F)cc1N. The van der Waals surface area contributed by atoms with Crippen LogP contribution in [-0.2, 0) is 4.74 Å². The second-order valence-corrected chi connectivity index (χ2v) is 4.80. The molecule has 1 rings (SSSR count). The summed E-state index contributed by atoms with van der Waals surface area (Å²) in [6.07, 6.45) is 1.03. The van der Waals surface area contributed by atoms with Gasteiger partial charge in [0.1, 0.15) is 11.6 Å². The summed E-state index contributed by atoms with van der Waals surface area (Å²) in [5.74, 6) is 0.705. The zero-order chi connectivity index (χ0) is 14.3. The van der Waals surface area contributed by atoms with Gasteiger partial charge in [0.05, 0.1) is 25.1 Å². The summed E-state index contributed by atoms with van der Waals surface area (Å²) in [7, 11) is 1.50. The van der Waals surface area contributed by atoms with Crippen LogP contribution in [0.5, 0.6) is 5.75 Å². The van der Waals surface area contributed by atoms with E-state index in [2.05, 4.69) is 19.2 Å². The second-order valence-electron chi connectivity index (χ2n) is 4.80. The average Bonchev–Trinajstić information content (AvgIpc) is 2.35. The number of halogens is 1. The fourth-order valence-electron chi connectivity index (χ4n) is 1.56. The summed E-state index contributed by atoms with van der Waals surface area (Å²) in [6.45, 7) is 6.11. The highest BCUT2D eigenvalue weighted by Gasteiger charge is 2.07. The van der Waals surface area contributed by atoms with E-state index in [9.17, 15) is 4.39 Å². The normalized spacial score (nSPS) is 10.8. The molecule has 5 heteroatoms. The molecule has 0 spiro atoms. The van der Waals surface area contributed by atoms with E-state index in [4.69, 9.17) is 15.2 Å². The summed E-state index contributed by atoms with van der Waals surface area (Å²) in [4.78, 5) is 0. The van der Waals surface area contributed by atoms with Crippen molar-refractivity contribution in [1.82, 2.24) is 0 Å². The van der Waals surface area contributed by atoms with Gasteiger partial charge in [-0.05, 0) is 12.3 Å². The Labute approximate surface area is 114 Å². The van der Waals surface area contributed by atoms with E-state index in [0.29, 0.717) is 36.2 Å². The maximum absolute atomic E-state index is 13.6. The number of benzene rings is 1. The van der Waals surface area contributed by atoms with Gasteiger partial charge in [-0.1, -0.05) is 13.8 Å². The van der Waals surface area contributed by atoms with Crippen molar-refractivity contribution in [3.05, 3.63) is 17.9 Å². The van der Waals surface area contributed by atoms with Gasteiger partial charge in [0.15, 0.2) is 0 Å². The van der Waals surface area contributed by atoms with E-state index in [0.717, 1.165) is 13.0 Å². The van der Waals surface area contributed by atoms with Crippen LogP contribution in [0.15, 0.2) is 12.1 Å². The smallest absolute Gasteiger partial charge is 0.148 e. The molecule has 0 aromatic heterocycles. The van der Waals surface area contributed by atoms with Crippen LogP contribution in [0, 0.1) is 11.7 Å². The topological polar surface area (TPSA) is 56.5 Å². The molecule has 0 saturated carbocycles. The molecule has 19 heavy (non-hydrogen) atoms. The zero-order valence-corrected chi connectivity index (χ0v) is 11.8. The summed E-state index contributed by atoms with van der Waals surface area (Å²) >= 11 is 0. The van der Waals surface area contributed by atoms with Crippen LogP contribution in [0.2, 0.25) is 0 Å². The van der Waals surface area contributed by atoms with Gasteiger partial charge >= 0.3 is 0 Å². The van der Waals surface area contributed by atoms with Gasteiger partial charge < -0.3 is 20.5 Å². The maximum Gasteiger partial charge on any atom is 0.148 e. The first kappa shape index (κ1) is 15.6. The van der Waals surface area contributed by atoms with Crippen molar-refractivity contribution in [3.8, 4) is 5.75 Å². The number of hydrogen-bond donors (Lipinski definition) is 2. The third kappa shape index (κ3) is 5.34. The third-order valence-electron chi connectivity index (χ3n) is 2.72. The highest BCUT2D eigenvalue weighted by Crippen LogP contribution is 2.27. The fraction of sp³-hybridized carbons (Fsp3) is 0.571. The zero-order valence-electron chi connectivity index (χ0n) is 11.8. The molecule has 0 fully saturated rings. The van der Waals surface area contributed by atoms with E-state index >= 15 is 0 Å². The number of methoxy groups -OCH3 is 1. The molecule has 4 nitrogen and oxygen atoms in total. The van der Waals surface area contributed by atoms with Crippen molar-refractivity contribution in [2.24, 2.45) is 5.92 Å². The summed E-state index contributed by atoms with van der Waals surface area (Å²) < 4.78 is 24.1. The third-order valence-corrected chi connectivity index (χ3v) is 2.72. The van der Waals surface area contributed by atoms with Crippen LogP contribution >= 0.6 is 0 Å². The first-order valence-corrected chi connectivity index (χ1v) is 6.49. The van der Waals surface area contributed by atoms with E-state index in [1.54, 1.807) is 6.07 Å². The van der Waals surface area contributed by atoms with Crippen LogP contribution in [0.3, 0.4) is 0 Å². The van der Waals surface area contributed by atoms with Gasteiger partial charge in [-0.25, -0.2) is 4.39 Å². The van der Waals surface area contributed by atoms with Gasteiger partial charge in [-0.2, -0.15) is 0 Å². The molecule has 0 aliphatic heterocycles. The van der Waals surface area contributed by atoms with Crippen LogP contribution in [0.1, 0.15) is 20.3 Å². The summed E-state index contributed by atoms with van der Waals surface area (Å²) in [6, 6.07) is 2.81. The van der Waals surface area contributed by atoms with Gasteiger partial charge in [0.25, 0.3) is 0 Å². The second kappa shape index (κ2) is 7.84. The van der Waals surface area contributed by atoms with Gasteiger partial charge in [0.2, 0.25) is 0 Å². The van der Waals surface area contributed by atoms with Gasteiger partial charge in [0, 0.05) is 25.3 Å². The predicted octanol–water partition coefficient (Wildman–Crippen LogP) is 2.89. The van der Waals surface area contributed by atoms with Crippen molar-refractivity contribution in [1.29, 1.82) is 0 Å². The molecule has 0 unspecified atom stereocenters. The lowest BCUT2D eigenvalue weighted by Crippen LogP contribution is -2.12. The van der Waals surface area contributed by atoms with Gasteiger partial charge in [-0.15, -0.1) is 0 Å². The maximum atomic E-state index is 13.6. The molecule has 3 N–H and O–H groups in total. The van der Waals surface area contributed by atoms with Crippen LogP contribution < -0.4 is 15.8 Å². The molecule has 0 atom stereocenters. The Morgan fingerprint density at radius 1 is 1.32 bits per heavy atom. The molecule has 108 valence electrons. The molecular formula is C14H23FN2O2. The number of nitrogens with two attached hydrogens (primary N) is 1. The minimum atomic E-state index is -0.388. The molecule has 0 aliphatic rings. The summed E-state index contributed by atoms with van der Waals surface area (Å²) in [5.41, 5.74) is 6.27. The van der Waals surface area contributed by atoms with Crippen molar-refractivity contribution < 1.29 is 13.9 Å². The minimum Gasteiger partial charge on any atom is -0.495 e. The molecule has 0 amide bonds. The monoisotopic (exact) mass is 270 g/mol. The first-order valence-electron chi connectivity index (χ1n) is 6.49. The van der Waals surface area contributed by atoms with Crippen molar-refractivity contribution in [2.75, 3.05) is 37.9 Å². The molecule has 0 saturated heterocycles. The molecule has 1 aromatic rings.